The van der Waals surface area contributed by atoms with Crippen LogP contribution < -0.4 is 0 Å². The van der Waals surface area contributed by atoms with Gasteiger partial charge in [0.1, 0.15) is 5.78 Å². The van der Waals surface area contributed by atoms with Crippen molar-refractivity contribution in [1.29, 1.82) is 0 Å². The third kappa shape index (κ3) is 2.93. The van der Waals surface area contributed by atoms with Crippen LogP contribution in [-0.4, -0.2) is 24.3 Å². The van der Waals surface area contributed by atoms with Gasteiger partial charge in [-0.1, -0.05) is 29.8 Å². The lowest BCUT2D eigenvalue weighted by molar-refractivity contribution is -0.121. The number of nitrogens with zero attached hydrogens (tertiary/aromatic N) is 1. The second kappa shape index (κ2) is 5.85. The summed E-state index contributed by atoms with van der Waals surface area (Å²) >= 11 is 6.21. The summed E-state index contributed by atoms with van der Waals surface area (Å²) in [5.74, 6) is 0.646. The first kappa shape index (κ1) is 13.6. The van der Waals surface area contributed by atoms with Crippen LogP contribution in [0, 0.1) is 5.92 Å². The second-order valence-corrected chi connectivity index (χ2v) is 5.60. The molecule has 1 aromatic carbocycles. The Kier molecular flexibility index (Phi) is 4.41. The predicted octanol–water partition coefficient (Wildman–Crippen LogP) is 3.70. The average molecular weight is 266 g/mol. The van der Waals surface area contributed by atoms with E-state index in [4.69, 9.17) is 11.6 Å². The molecule has 0 N–H and O–H groups in total. The van der Waals surface area contributed by atoms with Crippen LogP contribution in [0.3, 0.4) is 0 Å². The second-order valence-electron chi connectivity index (χ2n) is 5.19. The maximum absolute atomic E-state index is 11.7. The molecule has 1 fully saturated rings. The third-order valence-corrected chi connectivity index (χ3v) is 4.30. The molecule has 0 bridgehead atoms. The normalized spacial score (nSPS) is 21.6. The number of carbonyl (C=O) groups is 1. The van der Waals surface area contributed by atoms with Gasteiger partial charge in [0.25, 0.3) is 0 Å². The van der Waals surface area contributed by atoms with Crippen molar-refractivity contribution in [3.05, 3.63) is 34.9 Å². The number of benzene rings is 1. The zero-order valence-corrected chi connectivity index (χ0v) is 11.8. The lowest BCUT2D eigenvalue weighted by Gasteiger charge is -2.27. The van der Waals surface area contributed by atoms with Crippen molar-refractivity contribution in [3.63, 3.8) is 0 Å². The number of hydrogen-bond acceptors (Lipinski definition) is 2. The van der Waals surface area contributed by atoms with E-state index in [-0.39, 0.29) is 12.0 Å². The van der Waals surface area contributed by atoms with Crippen molar-refractivity contribution >= 4 is 17.4 Å². The van der Waals surface area contributed by atoms with Crippen molar-refractivity contribution in [1.82, 2.24) is 4.90 Å². The minimum atomic E-state index is 0.222. The predicted molar refractivity (Wildman–Crippen MR) is 74.8 cm³/mol. The highest BCUT2D eigenvalue weighted by molar-refractivity contribution is 6.31. The standard InChI is InChI=1S/C15H20ClNO/c1-11(13-7-3-4-8-14(13)16)17(2)10-12-6-5-9-15(12)18/h3-4,7-8,11-12H,5-6,9-10H2,1-2H3. The van der Waals surface area contributed by atoms with Gasteiger partial charge in [-0.2, -0.15) is 0 Å². The molecule has 0 radical (unpaired) electrons. The highest BCUT2D eigenvalue weighted by Gasteiger charge is 2.27. The highest BCUT2D eigenvalue weighted by atomic mass is 35.5. The van der Waals surface area contributed by atoms with Crippen LogP contribution in [0.15, 0.2) is 24.3 Å². The lowest BCUT2D eigenvalue weighted by Crippen LogP contribution is -2.30. The molecule has 0 aromatic heterocycles. The smallest absolute Gasteiger partial charge is 0.137 e. The molecule has 2 nitrogen and oxygen atoms in total. The number of ketones is 1. The minimum absolute atomic E-state index is 0.222. The molecule has 0 aliphatic heterocycles. The van der Waals surface area contributed by atoms with E-state index in [0.29, 0.717) is 5.78 Å². The van der Waals surface area contributed by atoms with Gasteiger partial charge in [0, 0.05) is 29.9 Å². The van der Waals surface area contributed by atoms with Crippen molar-refractivity contribution in [2.45, 2.75) is 32.2 Å². The summed E-state index contributed by atoms with van der Waals surface area (Å²) in [5, 5.41) is 0.801. The summed E-state index contributed by atoms with van der Waals surface area (Å²) in [6.07, 6.45) is 2.86. The Bertz CT molecular complexity index is 432. The molecule has 0 amide bonds. The first-order valence-corrected chi connectivity index (χ1v) is 6.94. The van der Waals surface area contributed by atoms with Gasteiger partial charge in [0.15, 0.2) is 0 Å². The molecule has 2 unspecified atom stereocenters. The van der Waals surface area contributed by atoms with Gasteiger partial charge in [-0.3, -0.25) is 9.69 Å². The van der Waals surface area contributed by atoms with Crippen molar-refractivity contribution in [2.24, 2.45) is 5.92 Å². The Morgan fingerprint density at radius 1 is 1.44 bits per heavy atom. The number of carbonyl (C=O) groups excluding carboxylic acids is 1. The summed E-state index contributed by atoms with van der Waals surface area (Å²) in [6.45, 7) is 2.98. The Balaban J connectivity index is 2.02. The fourth-order valence-corrected chi connectivity index (χ4v) is 2.93. The van der Waals surface area contributed by atoms with Crippen molar-refractivity contribution in [2.75, 3.05) is 13.6 Å². The Labute approximate surface area is 114 Å². The molecule has 0 spiro atoms. The molecule has 1 saturated carbocycles. The molecule has 2 rings (SSSR count). The first-order chi connectivity index (χ1) is 8.59. The number of Topliss-reactive ketones (excluding diaryl/α,β-unsaturated/α-hetero) is 1. The summed E-state index contributed by atoms with van der Waals surface area (Å²) in [7, 11) is 2.07. The maximum Gasteiger partial charge on any atom is 0.137 e. The summed E-state index contributed by atoms with van der Waals surface area (Å²) < 4.78 is 0. The summed E-state index contributed by atoms with van der Waals surface area (Å²) in [6, 6.07) is 8.17. The molecule has 98 valence electrons. The van der Waals surface area contributed by atoms with Gasteiger partial charge in [-0.15, -0.1) is 0 Å². The first-order valence-electron chi connectivity index (χ1n) is 6.57. The Morgan fingerprint density at radius 2 is 2.17 bits per heavy atom. The quantitative estimate of drug-likeness (QED) is 0.827. The van der Waals surface area contributed by atoms with Gasteiger partial charge in [-0.25, -0.2) is 0 Å². The van der Waals surface area contributed by atoms with Crippen LogP contribution in [0.25, 0.3) is 0 Å². The van der Waals surface area contributed by atoms with Gasteiger partial charge in [0.05, 0.1) is 0 Å². The van der Waals surface area contributed by atoms with Gasteiger partial charge >= 0.3 is 0 Å². The monoisotopic (exact) mass is 265 g/mol. The van der Waals surface area contributed by atoms with Crippen LogP contribution in [0.1, 0.15) is 37.8 Å². The van der Waals surface area contributed by atoms with E-state index in [1.165, 1.54) is 0 Å². The fraction of sp³-hybridized carbons (Fsp3) is 0.533. The van der Waals surface area contributed by atoms with Crippen LogP contribution in [0.4, 0.5) is 0 Å². The van der Waals surface area contributed by atoms with Crippen molar-refractivity contribution < 1.29 is 4.79 Å². The van der Waals surface area contributed by atoms with Crippen LogP contribution in [-0.2, 0) is 4.79 Å². The third-order valence-electron chi connectivity index (χ3n) is 3.96. The topological polar surface area (TPSA) is 20.3 Å². The van der Waals surface area contributed by atoms with E-state index in [2.05, 4.69) is 24.9 Å². The molecular formula is C15H20ClNO. The molecule has 3 heteroatoms. The van der Waals surface area contributed by atoms with E-state index in [9.17, 15) is 4.79 Å². The molecule has 18 heavy (non-hydrogen) atoms. The van der Waals surface area contributed by atoms with E-state index < -0.39 is 0 Å². The molecule has 1 aromatic rings. The van der Waals surface area contributed by atoms with Crippen LogP contribution >= 0.6 is 11.6 Å². The number of rotatable bonds is 4. The fourth-order valence-electron chi connectivity index (χ4n) is 2.64. The van der Waals surface area contributed by atoms with E-state index >= 15 is 0 Å². The average Bonchev–Trinajstić information content (AvgIpc) is 2.75. The molecule has 2 atom stereocenters. The van der Waals surface area contributed by atoms with Gasteiger partial charge < -0.3 is 0 Å². The van der Waals surface area contributed by atoms with Crippen LogP contribution in [0.5, 0.6) is 0 Å². The summed E-state index contributed by atoms with van der Waals surface area (Å²) in [5.41, 5.74) is 1.13. The molecule has 0 heterocycles. The number of halogens is 1. The Hall–Kier alpha value is -0.860. The van der Waals surface area contributed by atoms with E-state index in [1.54, 1.807) is 0 Å². The summed E-state index contributed by atoms with van der Waals surface area (Å²) in [4.78, 5) is 13.9. The minimum Gasteiger partial charge on any atom is -0.299 e. The van der Waals surface area contributed by atoms with Crippen LogP contribution in [0.2, 0.25) is 5.02 Å². The molecule has 1 aliphatic rings. The zero-order chi connectivity index (χ0) is 13.1. The maximum atomic E-state index is 11.7. The largest absolute Gasteiger partial charge is 0.299 e. The number of hydrogen-bond donors (Lipinski definition) is 0. The lowest BCUT2D eigenvalue weighted by atomic mass is 10.0. The Morgan fingerprint density at radius 3 is 2.78 bits per heavy atom. The van der Waals surface area contributed by atoms with E-state index in [1.807, 2.05) is 18.2 Å². The van der Waals surface area contributed by atoms with E-state index in [0.717, 1.165) is 36.4 Å². The highest BCUT2D eigenvalue weighted by Crippen LogP contribution is 2.29. The molecule has 1 aliphatic carbocycles. The molecular weight excluding hydrogens is 246 g/mol. The van der Waals surface area contributed by atoms with Gasteiger partial charge in [0.2, 0.25) is 0 Å². The SMILES string of the molecule is CC(c1ccccc1Cl)N(C)CC1CCCC1=O. The van der Waals surface area contributed by atoms with Crippen molar-refractivity contribution in [3.8, 4) is 0 Å². The van der Waals surface area contributed by atoms with Gasteiger partial charge in [-0.05, 0) is 38.4 Å². The molecule has 0 saturated heterocycles. The zero-order valence-electron chi connectivity index (χ0n) is 11.0.